The predicted octanol–water partition coefficient (Wildman–Crippen LogP) is 1.73. The highest BCUT2D eigenvalue weighted by atomic mass is 32.2. The molecule has 0 aromatic carbocycles. The van der Waals surface area contributed by atoms with Gasteiger partial charge in [-0.25, -0.2) is 22.7 Å². The average molecular weight is 338 g/mol. The highest BCUT2D eigenvalue weighted by molar-refractivity contribution is 7.90. The molecule has 0 N–H and O–H groups in total. The summed E-state index contributed by atoms with van der Waals surface area (Å²) in [5.74, 6) is 2.23. The molecule has 0 bridgehead atoms. The topological polar surface area (TPSA) is 66.4 Å². The quantitative estimate of drug-likeness (QED) is 0.818. The maximum absolute atomic E-state index is 12.2. The molecule has 128 valence electrons. The van der Waals surface area contributed by atoms with Gasteiger partial charge < -0.3 is 4.90 Å². The van der Waals surface area contributed by atoms with Gasteiger partial charge in [-0.1, -0.05) is 0 Å². The van der Waals surface area contributed by atoms with Crippen LogP contribution in [0.15, 0.2) is 6.07 Å². The lowest BCUT2D eigenvalue weighted by molar-refractivity contribution is 0.327. The number of hydrogen-bond donors (Lipinski definition) is 0. The Morgan fingerprint density at radius 2 is 1.83 bits per heavy atom. The summed E-state index contributed by atoms with van der Waals surface area (Å²) in [6, 6.07) is 2.02. The second-order valence-corrected chi connectivity index (χ2v) is 9.19. The molecule has 6 nitrogen and oxygen atoms in total. The van der Waals surface area contributed by atoms with Crippen molar-refractivity contribution in [3.05, 3.63) is 17.6 Å². The van der Waals surface area contributed by atoms with Gasteiger partial charge in [-0.3, -0.25) is 0 Å². The van der Waals surface area contributed by atoms with E-state index in [0.717, 1.165) is 56.1 Å². The summed E-state index contributed by atoms with van der Waals surface area (Å²) in [7, 11) is -1.31. The van der Waals surface area contributed by atoms with Crippen molar-refractivity contribution < 1.29 is 8.42 Å². The molecule has 0 unspecified atom stereocenters. The second-order valence-electron chi connectivity index (χ2n) is 6.87. The van der Waals surface area contributed by atoms with Crippen molar-refractivity contribution in [2.75, 3.05) is 31.6 Å². The summed E-state index contributed by atoms with van der Waals surface area (Å²) in [5, 5.41) is -0.112. The summed E-state index contributed by atoms with van der Waals surface area (Å²) in [6.07, 6.45) is 3.67. The van der Waals surface area contributed by atoms with Crippen LogP contribution < -0.4 is 4.90 Å². The standard InChI is InChI=1S/C16H26N4O2S/c1-12-10-16(18-13(2)17-12)20-8-6-14(7-9-20)11-19(3)23(21,22)15-4-5-15/h10,14-15H,4-9,11H2,1-3H3. The van der Waals surface area contributed by atoms with E-state index in [0.29, 0.717) is 12.5 Å². The van der Waals surface area contributed by atoms with Crippen molar-refractivity contribution in [1.82, 2.24) is 14.3 Å². The van der Waals surface area contributed by atoms with Gasteiger partial charge in [0.2, 0.25) is 10.0 Å². The monoisotopic (exact) mass is 338 g/mol. The van der Waals surface area contributed by atoms with E-state index < -0.39 is 10.0 Å². The fraction of sp³-hybridized carbons (Fsp3) is 0.750. The lowest BCUT2D eigenvalue weighted by Crippen LogP contribution is -2.40. The Morgan fingerprint density at radius 3 is 2.39 bits per heavy atom. The molecule has 1 saturated heterocycles. The zero-order chi connectivity index (χ0) is 16.6. The first-order valence-corrected chi connectivity index (χ1v) is 9.89. The number of piperidine rings is 1. The molecule has 0 atom stereocenters. The Balaban J connectivity index is 1.56. The van der Waals surface area contributed by atoms with Crippen LogP contribution in [0.2, 0.25) is 0 Å². The van der Waals surface area contributed by atoms with Gasteiger partial charge in [0, 0.05) is 38.4 Å². The summed E-state index contributed by atoms with van der Waals surface area (Å²) in [6.45, 7) is 6.41. The predicted molar refractivity (Wildman–Crippen MR) is 91.0 cm³/mol. The minimum absolute atomic E-state index is 0.112. The van der Waals surface area contributed by atoms with E-state index >= 15 is 0 Å². The van der Waals surface area contributed by atoms with Crippen LogP contribution in [0.3, 0.4) is 0 Å². The Morgan fingerprint density at radius 1 is 1.17 bits per heavy atom. The van der Waals surface area contributed by atoms with Gasteiger partial charge in [-0.2, -0.15) is 0 Å². The first-order chi connectivity index (χ1) is 10.9. The SMILES string of the molecule is Cc1cc(N2CCC(CN(C)S(=O)(=O)C3CC3)CC2)nc(C)n1. The number of hydrogen-bond acceptors (Lipinski definition) is 5. The van der Waals surface area contributed by atoms with E-state index in [9.17, 15) is 8.42 Å². The highest BCUT2D eigenvalue weighted by Gasteiger charge is 2.39. The Labute approximate surface area is 139 Å². The van der Waals surface area contributed by atoms with Crippen molar-refractivity contribution in [3.8, 4) is 0 Å². The smallest absolute Gasteiger partial charge is 0.216 e. The summed E-state index contributed by atoms with van der Waals surface area (Å²) >= 11 is 0. The number of rotatable bonds is 5. The molecule has 3 rings (SSSR count). The molecule has 1 saturated carbocycles. The minimum Gasteiger partial charge on any atom is -0.356 e. The number of sulfonamides is 1. The van der Waals surface area contributed by atoms with E-state index in [1.807, 2.05) is 19.9 Å². The molecule has 23 heavy (non-hydrogen) atoms. The molecule has 2 fully saturated rings. The average Bonchev–Trinajstić information content (AvgIpc) is 3.32. The molecule has 0 radical (unpaired) electrons. The molecule has 0 amide bonds. The van der Waals surface area contributed by atoms with Gasteiger partial charge >= 0.3 is 0 Å². The van der Waals surface area contributed by atoms with E-state index in [-0.39, 0.29) is 5.25 Å². The number of nitrogens with zero attached hydrogens (tertiary/aromatic N) is 4. The molecule has 2 heterocycles. The van der Waals surface area contributed by atoms with Crippen molar-refractivity contribution >= 4 is 15.8 Å². The van der Waals surface area contributed by atoms with Crippen LogP contribution in [0.4, 0.5) is 5.82 Å². The van der Waals surface area contributed by atoms with Crippen molar-refractivity contribution in [1.29, 1.82) is 0 Å². The number of aryl methyl sites for hydroxylation is 2. The van der Waals surface area contributed by atoms with Gasteiger partial charge in [0.1, 0.15) is 11.6 Å². The van der Waals surface area contributed by atoms with Gasteiger partial charge in [0.25, 0.3) is 0 Å². The second kappa shape index (κ2) is 6.36. The molecular weight excluding hydrogens is 312 g/mol. The first-order valence-electron chi connectivity index (χ1n) is 8.38. The Kier molecular flexibility index (Phi) is 4.60. The fourth-order valence-electron chi connectivity index (χ4n) is 3.29. The van der Waals surface area contributed by atoms with Gasteiger partial charge in [-0.15, -0.1) is 0 Å². The summed E-state index contributed by atoms with van der Waals surface area (Å²) < 4.78 is 26.0. The third-order valence-electron chi connectivity index (χ3n) is 4.79. The highest BCUT2D eigenvalue weighted by Crippen LogP contribution is 2.31. The van der Waals surface area contributed by atoms with Crippen LogP contribution in [-0.2, 0) is 10.0 Å². The first kappa shape index (κ1) is 16.6. The zero-order valence-corrected chi connectivity index (χ0v) is 15.0. The van der Waals surface area contributed by atoms with Crippen LogP contribution in [0, 0.1) is 19.8 Å². The van der Waals surface area contributed by atoms with Crippen LogP contribution in [0.5, 0.6) is 0 Å². The van der Waals surface area contributed by atoms with Crippen LogP contribution in [0.1, 0.15) is 37.2 Å². The Hall–Kier alpha value is -1.21. The van der Waals surface area contributed by atoms with Gasteiger partial charge in [-0.05, 0) is 45.4 Å². The third-order valence-corrected chi connectivity index (χ3v) is 7.12. The van der Waals surface area contributed by atoms with Crippen LogP contribution in [0.25, 0.3) is 0 Å². The Bertz CT molecular complexity index is 644. The lowest BCUT2D eigenvalue weighted by atomic mass is 9.97. The summed E-state index contributed by atoms with van der Waals surface area (Å²) in [5.41, 5.74) is 0.991. The number of anilines is 1. The zero-order valence-electron chi connectivity index (χ0n) is 14.2. The van der Waals surface area contributed by atoms with E-state index in [2.05, 4.69) is 14.9 Å². The summed E-state index contributed by atoms with van der Waals surface area (Å²) in [4.78, 5) is 11.1. The van der Waals surface area contributed by atoms with Crippen LogP contribution >= 0.6 is 0 Å². The molecule has 2 aliphatic rings. The van der Waals surface area contributed by atoms with Gasteiger partial charge in [0.15, 0.2) is 0 Å². The van der Waals surface area contributed by atoms with Gasteiger partial charge in [0.05, 0.1) is 5.25 Å². The molecule has 1 aliphatic heterocycles. The molecule has 1 aromatic heterocycles. The maximum atomic E-state index is 12.2. The molecule has 1 aromatic rings. The van der Waals surface area contributed by atoms with Crippen molar-refractivity contribution in [2.45, 2.75) is 44.8 Å². The maximum Gasteiger partial charge on any atom is 0.216 e. The molecule has 1 aliphatic carbocycles. The van der Waals surface area contributed by atoms with E-state index in [1.54, 1.807) is 11.4 Å². The lowest BCUT2D eigenvalue weighted by Gasteiger charge is -2.34. The van der Waals surface area contributed by atoms with Crippen molar-refractivity contribution in [3.63, 3.8) is 0 Å². The third kappa shape index (κ3) is 3.83. The number of aromatic nitrogens is 2. The normalized spacial score (nSPS) is 20.3. The largest absolute Gasteiger partial charge is 0.356 e. The van der Waals surface area contributed by atoms with E-state index in [1.165, 1.54) is 0 Å². The molecule has 7 heteroatoms. The molecule has 0 spiro atoms. The van der Waals surface area contributed by atoms with Crippen LogP contribution in [-0.4, -0.2) is 54.6 Å². The minimum atomic E-state index is -3.04. The fourth-order valence-corrected chi connectivity index (χ4v) is 4.95. The molecular formula is C16H26N4O2S. The van der Waals surface area contributed by atoms with Crippen molar-refractivity contribution in [2.24, 2.45) is 5.92 Å². The van der Waals surface area contributed by atoms with E-state index in [4.69, 9.17) is 0 Å².